The van der Waals surface area contributed by atoms with Gasteiger partial charge in [0.05, 0.1) is 11.4 Å². The van der Waals surface area contributed by atoms with Crippen LogP contribution in [0.3, 0.4) is 0 Å². The van der Waals surface area contributed by atoms with E-state index in [1.807, 2.05) is 24.3 Å². The number of amides is 2. The zero-order chi connectivity index (χ0) is 17.6. The number of halogens is 1. The lowest BCUT2D eigenvalue weighted by molar-refractivity contribution is -0.116. The summed E-state index contributed by atoms with van der Waals surface area (Å²) in [4.78, 5) is 26.4. The van der Waals surface area contributed by atoms with Crippen molar-refractivity contribution < 1.29 is 9.59 Å². The fourth-order valence-corrected chi connectivity index (χ4v) is 4.33. The second-order valence-electron chi connectivity index (χ2n) is 6.67. The smallest absolute Gasteiger partial charge is 0.255 e. The minimum Gasteiger partial charge on any atom is -0.320 e. The number of hydrogen-bond acceptors (Lipinski definition) is 2. The van der Waals surface area contributed by atoms with E-state index in [2.05, 4.69) is 27.3 Å². The molecule has 4 rings (SSSR count). The zero-order valence-electron chi connectivity index (χ0n) is 14.1. The van der Waals surface area contributed by atoms with Crippen LogP contribution in [-0.4, -0.2) is 18.4 Å². The number of fused-ring (bicyclic) bond motifs is 2. The van der Waals surface area contributed by atoms with Gasteiger partial charge in [-0.25, -0.2) is 0 Å². The highest BCUT2D eigenvalue weighted by Crippen LogP contribution is 2.38. The van der Waals surface area contributed by atoms with E-state index in [4.69, 9.17) is 0 Å². The molecule has 128 valence electrons. The van der Waals surface area contributed by atoms with Gasteiger partial charge in [0.15, 0.2) is 0 Å². The Morgan fingerprint density at radius 1 is 1.04 bits per heavy atom. The fourth-order valence-electron chi connectivity index (χ4n) is 3.83. The van der Waals surface area contributed by atoms with Crippen molar-refractivity contribution in [2.75, 3.05) is 16.8 Å². The average Bonchev–Trinajstić information content (AvgIpc) is 3.20. The minimum absolute atomic E-state index is 0.00546. The number of rotatable bonds is 2. The number of carbonyl (C=O) groups excluding carboxylic acids is 2. The van der Waals surface area contributed by atoms with E-state index in [0.717, 1.165) is 41.4 Å². The number of nitrogens with zero attached hydrogens (tertiary/aromatic N) is 1. The number of aryl methyl sites for hydroxylation is 2. The first-order valence-corrected chi connectivity index (χ1v) is 9.36. The molecular weight excluding hydrogens is 380 g/mol. The van der Waals surface area contributed by atoms with E-state index in [1.165, 1.54) is 11.1 Å². The Morgan fingerprint density at radius 3 is 2.64 bits per heavy atom. The lowest BCUT2D eigenvalue weighted by atomic mass is 10.1. The summed E-state index contributed by atoms with van der Waals surface area (Å²) in [6.07, 6.45) is 4.11. The number of nitrogens with one attached hydrogen (secondary N) is 1. The summed E-state index contributed by atoms with van der Waals surface area (Å²) in [6, 6.07) is 9.83. The fraction of sp³-hybridized carbons (Fsp3) is 0.300. The predicted molar refractivity (Wildman–Crippen MR) is 102 cm³/mol. The van der Waals surface area contributed by atoms with Crippen LogP contribution in [0.25, 0.3) is 0 Å². The van der Waals surface area contributed by atoms with Crippen LogP contribution in [0.2, 0.25) is 0 Å². The largest absolute Gasteiger partial charge is 0.320 e. The summed E-state index contributed by atoms with van der Waals surface area (Å²) in [5.41, 5.74) is 5.88. The lowest BCUT2D eigenvalue weighted by Crippen LogP contribution is -2.27. The SMILES string of the molecule is CC(=O)N1CCc2cc(Br)cc(NC(=O)c3ccc4c(c3)CCC4)c21. The standard InChI is InChI=1S/C20H19BrN2O2/c1-12(24)23-8-7-15-10-17(21)11-18(19(15)23)22-20(25)16-6-5-13-3-2-4-14(13)9-16/h5-6,9-11H,2-4,7-8H2,1H3,(H,22,25). The number of carbonyl (C=O) groups is 2. The maximum Gasteiger partial charge on any atom is 0.255 e. The molecule has 25 heavy (non-hydrogen) atoms. The first-order chi connectivity index (χ1) is 12.0. The van der Waals surface area contributed by atoms with Crippen LogP contribution in [0, 0.1) is 0 Å². The van der Waals surface area contributed by atoms with E-state index in [-0.39, 0.29) is 11.8 Å². The molecule has 0 saturated heterocycles. The van der Waals surface area contributed by atoms with Crippen molar-refractivity contribution in [3.63, 3.8) is 0 Å². The molecule has 0 radical (unpaired) electrons. The predicted octanol–water partition coefficient (Wildman–Crippen LogP) is 4.10. The second-order valence-corrected chi connectivity index (χ2v) is 7.59. The van der Waals surface area contributed by atoms with E-state index >= 15 is 0 Å². The Labute approximate surface area is 155 Å². The summed E-state index contributed by atoms with van der Waals surface area (Å²) < 4.78 is 0.904. The number of anilines is 2. The molecular formula is C20H19BrN2O2. The van der Waals surface area contributed by atoms with Crippen LogP contribution < -0.4 is 10.2 Å². The summed E-state index contributed by atoms with van der Waals surface area (Å²) in [5, 5.41) is 3.01. The maximum absolute atomic E-state index is 12.8. The van der Waals surface area contributed by atoms with E-state index < -0.39 is 0 Å². The van der Waals surface area contributed by atoms with Crippen molar-refractivity contribution in [3.8, 4) is 0 Å². The van der Waals surface area contributed by atoms with Crippen LogP contribution in [0.4, 0.5) is 11.4 Å². The average molecular weight is 399 g/mol. The first-order valence-electron chi connectivity index (χ1n) is 8.56. The number of hydrogen-bond donors (Lipinski definition) is 1. The van der Waals surface area contributed by atoms with Gasteiger partial charge >= 0.3 is 0 Å². The van der Waals surface area contributed by atoms with Crippen molar-refractivity contribution in [1.29, 1.82) is 0 Å². The third-order valence-electron chi connectivity index (χ3n) is 5.02. The molecule has 1 aliphatic heterocycles. The van der Waals surface area contributed by atoms with Crippen molar-refractivity contribution in [3.05, 3.63) is 57.1 Å². The second kappa shape index (κ2) is 6.30. The molecule has 4 nitrogen and oxygen atoms in total. The van der Waals surface area contributed by atoms with E-state index in [9.17, 15) is 9.59 Å². The molecule has 0 bridgehead atoms. The van der Waals surface area contributed by atoms with Crippen molar-refractivity contribution in [2.24, 2.45) is 0 Å². The Bertz CT molecular complexity index is 892. The monoisotopic (exact) mass is 398 g/mol. The van der Waals surface area contributed by atoms with Crippen LogP contribution in [0.5, 0.6) is 0 Å². The quantitative estimate of drug-likeness (QED) is 0.827. The third kappa shape index (κ3) is 2.97. The van der Waals surface area contributed by atoms with E-state index in [1.54, 1.807) is 11.8 Å². The summed E-state index contributed by atoms with van der Waals surface area (Å²) in [7, 11) is 0. The molecule has 0 spiro atoms. The third-order valence-corrected chi connectivity index (χ3v) is 5.48. The zero-order valence-corrected chi connectivity index (χ0v) is 15.6. The highest BCUT2D eigenvalue weighted by atomic mass is 79.9. The van der Waals surface area contributed by atoms with Gasteiger partial charge in [-0.2, -0.15) is 0 Å². The maximum atomic E-state index is 12.8. The van der Waals surface area contributed by atoms with Gasteiger partial charge in [-0.05, 0) is 66.6 Å². The van der Waals surface area contributed by atoms with Crippen molar-refractivity contribution in [1.82, 2.24) is 0 Å². The van der Waals surface area contributed by atoms with Gasteiger partial charge in [0.25, 0.3) is 5.91 Å². The molecule has 0 atom stereocenters. The molecule has 1 N–H and O–H groups in total. The molecule has 0 saturated carbocycles. The minimum atomic E-state index is -0.134. The van der Waals surface area contributed by atoms with E-state index in [0.29, 0.717) is 17.8 Å². The van der Waals surface area contributed by atoms with Gasteiger partial charge < -0.3 is 10.2 Å². The van der Waals surface area contributed by atoms with Crippen molar-refractivity contribution in [2.45, 2.75) is 32.6 Å². The molecule has 5 heteroatoms. The topological polar surface area (TPSA) is 49.4 Å². The van der Waals surface area contributed by atoms with Gasteiger partial charge in [0.2, 0.25) is 5.91 Å². The van der Waals surface area contributed by atoms with Gasteiger partial charge in [-0.3, -0.25) is 9.59 Å². The van der Waals surface area contributed by atoms with Gasteiger partial charge in [0, 0.05) is 23.5 Å². The lowest BCUT2D eigenvalue weighted by Gasteiger charge is -2.19. The molecule has 0 unspecified atom stereocenters. The Morgan fingerprint density at radius 2 is 1.84 bits per heavy atom. The molecule has 2 aromatic rings. The molecule has 0 fully saturated rings. The van der Waals surface area contributed by atoms with Crippen LogP contribution in [0.1, 0.15) is 40.4 Å². The molecule has 2 aromatic carbocycles. The summed E-state index contributed by atoms with van der Waals surface area (Å²) in [5.74, 6) is -0.139. The first kappa shape index (κ1) is 16.3. The van der Waals surface area contributed by atoms with Crippen LogP contribution >= 0.6 is 15.9 Å². The Balaban J connectivity index is 1.67. The van der Waals surface area contributed by atoms with Gasteiger partial charge in [0.1, 0.15) is 0 Å². The Hall–Kier alpha value is -2.14. The summed E-state index contributed by atoms with van der Waals surface area (Å²) in [6.45, 7) is 2.21. The van der Waals surface area contributed by atoms with Gasteiger partial charge in [-0.15, -0.1) is 0 Å². The molecule has 2 aliphatic rings. The van der Waals surface area contributed by atoms with Gasteiger partial charge in [-0.1, -0.05) is 22.0 Å². The molecule has 0 aromatic heterocycles. The molecule has 2 amide bonds. The molecule has 1 aliphatic carbocycles. The highest BCUT2D eigenvalue weighted by Gasteiger charge is 2.27. The molecule has 1 heterocycles. The normalized spacial score (nSPS) is 15.0. The van der Waals surface area contributed by atoms with Crippen molar-refractivity contribution >= 4 is 39.1 Å². The number of benzene rings is 2. The Kier molecular flexibility index (Phi) is 4.12. The highest BCUT2D eigenvalue weighted by molar-refractivity contribution is 9.10. The summed E-state index contributed by atoms with van der Waals surface area (Å²) >= 11 is 3.50. The van der Waals surface area contributed by atoms with Crippen LogP contribution in [0.15, 0.2) is 34.8 Å². The van der Waals surface area contributed by atoms with Crippen LogP contribution in [-0.2, 0) is 24.1 Å².